The predicted molar refractivity (Wildman–Crippen MR) is 37.4 cm³/mol. The van der Waals surface area contributed by atoms with Gasteiger partial charge in [0.25, 0.3) is 0 Å². The molecule has 0 fully saturated rings. The van der Waals surface area contributed by atoms with Crippen molar-refractivity contribution in [1.82, 2.24) is 0 Å². The molecule has 0 bridgehead atoms. The minimum absolute atomic E-state index is 0.117. The number of carbonyl (C=O) groups is 1. The Labute approximate surface area is 63.9 Å². The van der Waals surface area contributed by atoms with Crippen molar-refractivity contribution in [3.63, 3.8) is 0 Å². The molecule has 0 saturated heterocycles. The Balaban J connectivity index is 2.50. The van der Waals surface area contributed by atoms with Crippen LogP contribution in [0.25, 0.3) is 0 Å². The van der Waals surface area contributed by atoms with Gasteiger partial charge in [0.05, 0.1) is 5.83 Å². The first-order chi connectivity index (χ1) is 4.70. The van der Waals surface area contributed by atoms with Gasteiger partial charge in [0, 0.05) is 5.92 Å². The molecule has 0 aromatic rings. The highest BCUT2D eigenvalue weighted by atomic mass is 35.5. The van der Waals surface area contributed by atoms with Gasteiger partial charge in [-0.1, -0.05) is 6.08 Å². The van der Waals surface area contributed by atoms with Crippen LogP contribution >= 0.6 is 11.6 Å². The van der Waals surface area contributed by atoms with E-state index in [1.54, 1.807) is 0 Å². The number of hydrogen-bond acceptors (Lipinski definition) is 1. The maximum absolute atomic E-state index is 12.3. The molecule has 0 saturated carbocycles. The Morgan fingerprint density at radius 1 is 1.80 bits per heavy atom. The largest absolute Gasteiger partial charge is 0.281 e. The fourth-order valence-electron chi connectivity index (χ4n) is 1.01. The smallest absolute Gasteiger partial charge is 0.225 e. The zero-order valence-corrected chi connectivity index (χ0v) is 6.20. The number of hydrogen-bond donors (Lipinski definition) is 0. The van der Waals surface area contributed by atoms with Crippen LogP contribution in [0, 0.1) is 5.92 Å². The first kappa shape index (κ1) is 7.73. The molecule has 1 unspecified atom stereocenters. The fraction of sp³-hybridized carbons (Fsp3) is 0.571. The normalized spacial score (nSPS) is 25.8. The van der Waals surface area contributed by atoms with Crippen molar-refractivity contribution in [2.24, 2.45) is 5.92 Å². The first-order valence-corrected chi connectivity index (χ1v) is 3.62. The van der Waals surface area contributed by atoms with Crippen LogP contribution in [0.2, 0.25) is 0 Å². The van der Waals surface area contributed by atoms with Crippen LogP contribution in [0.15, 0.2) is 11.9 Å². The zero-order chi connectivity index (χ0) is 7.56. The summed E-state index contributed by atoms with van der Waals surface area (Å²) in [5.74, 6) is -0.268. The third kappa shape index (κ3) is 1.81. The van der Waals surface area contributed by atoms with E-state index in [0.717, 1.165) is 0 Å². The number of rotatable bonds is 1. The number of allylic oxidation sites excluding steroid dienone is 2. The average molecular weight is 163 g/mol. The second-order valence-electron chi connectivity index (χ2n) is 2.43. The molecule has 0 spiro atoms. The van der Waals surface area contributed by atoms with Crippen molar-refractivity contribution in [2.45, 2.75) is 19.3 Å². The molecule has 1 aliphatic carbocycles. The van der Waals surface area contributed by atoms with E-state index in [0.29, 0.717) is 19.3 Å². The molecule has 1 atom stereocenters. The molecule has 0 heterocycles. The highest BCUT2D eigenvalue weighted by Gasteiger charge is 2.19. The molecule has 0 aromatic carbocycles. The molecule has 0 amide bonds. The molecule has 0 aromatic heterocycles. The third-order valence-corrected chi connectivity index (χ3v) is 1.99. The zero-order valence-electron chi connectivity index (χ0n) is 5.44. The lowest BCUT2D eigenvalue weighted by Gasteiger charge is -2.13. The van der Waals surface area contributed by atoms with E-state index in [9.17, 15) is 9.18 Å². The lowest BCUT2D eigenvalue weighted by atomic mass is 9.95. The van der Waals surface area contributed by atoms with Gasteiger partial charge in [-0.25, -0.2) is 4.39 Å². The summed E-state index contributed by atoms with van der Waals surface area (Å²) in [6, 6.07) is 0. The van der Waals surface area contributed by atoms with Gasteiger partial charge in [0.2, 0.25) is 5.24 Å². The molecule has 56 valence electrons. The van der Waals surface area contributed by atoms with E-state index in [4.69, 9.17) is 11.6 Å². The van der Waals surface area contributed by atoms with Crippen molar-refractivity contribution in [1.29, 1.82) is 0 Å². The van der Waals surface area contributed by atoms with Gasteiger partial charge in [-0.15, -0.1) is 0 Å². The third-order valence-electron chi connectivity index (χ3n) is 1.68. The molecular weight excluding hydrogens is 155 g/mol. The van der Waals surface area contributed by atoms with E-state index < -0.39 is 0 Å². The second-order valence-corrected chi connectivity index (χ2v) is 2.80. The quantitative estimate of drug-likeness (QED) is 0.541. The summed E-state index contributed by atoms with van der Waals surface area (Å²) in [6.07, 6.45) is 2.83. The summed E-state index contributed by atoms with van der Waals surface area (Å²) in [7, 11) is 0. The Kier molecular flexibility index (Phi) is 2.44. The van der Waals surface area contributed by atoms with Crippen LogP contribution in [0.4, 0.5) is 4.39 Å². The second kappa shape index (κ2) is 3.15. The molecule has 1 rings (SSSR count). The van der Waals surface area contributed by atoms with Gasteiger partial charge >= 0.3 is 0 Å². The van der Waals surface area contributed by atoms with Crippen molar-refractivity contribution in [3.8, 4) is 0 Å². The van der Waals surface area contributed by atoms with Crippen LogP contribution in [0.3, 0.4) is 0 Å². The van der Waals surface area contributed by atoms with Gasteiger partial charge in [0.1, 0.15) is 0 Å². The fourth-order valence-corrected chi connectivity index (χ4v) is 1.21. The molecule has 1 aliphatic rings. The SMILES string of the molecule is O=C(Cl)C1CC=C(F)CC1. The van der Waals surface area contributed by atoms with Crippen LogP contribution in [-0.4, -0.2) is 5.24 Å². The summed E-state index contributed by atoms with van der Waals surface area (Å²) < 4.78 is 12.3. The van der Waals surface area contributed by atoms with E-state index in [2.05, 4.69) is 0 Å². The average Bonchev–Trinajstić information content (AvgIpc) is 1.88. The monoisotopic (exact) mass is 162 g/mol. The predicted octanol–water partition coefficient (Wildman–Crippen LogP) is 2.41. The standard InChI is InChI=1S/C7H8ClFO/c8-7(10)5-1-3-6(9)4-2-5/h3,5H,1-2,4H2. The Hall–Kier alpha value is -0.370. The highest BCUT2D eigenvalue weighted by Crippen LogP contribution is 2.25. The first-order valence-electron chi connectivity index (χ1n) is 3.24. The number of halogens is 2. The van der Waals surface area contributed by atoms with E-state index in [1.807, 2.05) is 0 Å². The summed E-state index contributed by atoms with van der Waals surface area (Å²) in [6.45, 7) is 0. The van der Waals surface area contributed by atoms with Gasteiger partial charge < -0.3 is 0 Å². The van der Waals surface area contributed by atoms with Gasteiger partial charge in [-0.3, -0.25) is 4.79 Å². The lowest BCUT2D eigenvalue weighted by molar-refractivity contribution is -0.115. The van der Waals surface area contributed by atoms with Gasteiger partial charge in [0.15, 0.2) is 0 Å². The summed E-state index contributed by atoms with van der Waals surface area (Å²) in [5.41, 5.74) is 0. The van der Waals surface area contributed by atoms with Crippen LogP contribution in [-0.2, 0) is 4.79 Å². The Morgan fingerprint density at radius 2 is 2.50 bits per heavy atom. The molecule has 3 heteroatoms. The van der Waals surface area contributed by atoms with Crippen molar-refractivity contribution in [2.75, 3.05) is 0 Å². The Morgan fingerprint density at radius 3 is 2.90 bits per heavy atom. The molecule has 10 heavy (non-hydrogen) atoms. The van der Waals surface area contributed by atoms with E-state index in [-0.39, 0.29) is 17.0 Å². The molecule has 1 nitrogen and oxygen atoms in total. The van der Waals surface area contributed by atoms with Gasteiger partial charge in [-0.05, 0) is 30.9 Å². The minimum Gasteiger partial charge on any atom is -0.281 e. The van der Waals surface area contributed by atoms with Crippen molar-refractivity contribution < 1.29 is 9.18 Å². The molecule has 0 aliphatic heterocycles. The van der Waals surface area contributed by atoms with Crippen LogP contribution in [0.5, 0.6) is 0 Å². The summed E-state index contributed by atoms with van der Waals surface area (Å²) >= 11 is 5.21. The maximum atomic E-state index is 12.3. The molecular formula is C7H8ClFO. The maximum Gasteiger partial charge on any atom is 0.225 e. The van der Waals surface area contributed by atoms with Crippen LogP contribution < -0.4 is 0 Å². The molecule has 0 radical (unpaired) electrons. The Bertz CT molecular complexity index is 176. The molecule has 0 N–H and O–H groups in total. The van der Waals surface area contributed by atoms with Crippen LogP contribution in [0.1, 0.15) is 19.3 Å². The van der Waals surface area contributed by atoms with Crippen molar-refractivity contribution in [3.05, 3.63) is 11.9 Å². The van der Waals surface area contributed by atoms with Crippen molar-refractivity contribution >= 4 is 16.8 Å². The van der Waals surface area contributed by atoms with E-state index >= 15 is 0 Å². The number of carbonyl (C=O) groups excluding carboxylic acids is 1. The van der Waals surface area contributed by atoms with E-state index in [1.165, 1.54) is 6.08 Å². The topological polar surface area (TPSA) is 17.1 Å². The highest BCUT2D eigenvalue weighted by molar-refractivity contribution is 6.64. The summed E-state index contributed by atoms with van der Waals surface area (Å²) in [4.78, 5) is 10.5. The minimum atomic E-state index is -0.344. The van der Waals surface area contributed by atoms with Gasteiger partial charge in [-0.2, -0.15) is 0 Å². The lowest BCUT2D eigenvalue weighted by Crippen LogP contribution is -2.10. The summed E-state index contributed by atoms with van der Waals surface area (Å²) in [5, 5.41) is -0.344.